The van der Waals surface area contributed by atoms with Gasteiger partial charge in [-0.15, -0.1) is 0 Å². The lowest BCUT2D eigenvalue weighted by atomic mass is 10.2. The van der Waals surface area contributed by atoms with Crippen LogP contribution in [0.5, 0.6) is 0 Å². The molecule has 0 bridgehead atoms. The van der Waals surface area contributed by atoms with Gasteiger partial charge in [0.25, 0.3) is 0 Å². The van der Waals surface area contributed by atoms with E-state index < -0.39 is 9.84 Å². The van der Waals surface area contributed by atoms with Gasteiger partial charge in [0, 0.05) is 36.1 Å². The fourth-order valence-corrected chi connectivity index (χ4v) is 3.05. The number of nitrogens with zero attached hydrogens (tertiary/aromatic N) is 3. The SMILES string of the molecule is CS(=O)(=O)CCCNc1nc(-c2cccnc2)nc2ccccc12. The number of benzene rings is 1. The Bertz CT molecular complexity index is 943. The first-order valence-corrected chi connectivity index (χ1v) is 9.68. The molecular weight excluding hydrogens is 324 g/mol. The topological polar surface area (TPSA) is 84.8 Å². The van der Waals surface area contributed by atoms with Gasteiger partial charge in [-0.05, 0) is 30.7 Å². The molecule has 2 aromatic heterocycles. The van der Waals surface area contributed by atoms with Crippen LogP contribution in [0.4, 0.5) is 5.82 Å². The number of para-hydroxylation sites is 1. The van der Waals surface area contributed by atoms with E-state index in [4.69, 9.17) is 0 Å². The van der Waals surface area contributed by atoms with E-state index in [2.05, 4.69) is 20.3 Å². The van der Waals surface area contributed by atoms with E-state index in [-0.39, 0.29) is 5.75 Å². The van der Waals surface area contributed by atoms with Gasteiger partial charge < -0.3 is 5.32 Å². The summed E-state index contributed by atoms with van der Waals surface area (Å²) in [5.41, 5.74) is 1.67. The van der Waals surface area contributed by atoms with Crippen LogP contribution < -0.4 is 5.32 Å². The van der Waals surface area contributed by atoms with Crippen LogP contribution in [0.1, 0.15) is 6.42 Å². The zero-order valence-corrected chi connectivity index (χ0v) is 14.1. The van der Waals surface area contributed by atoms with E-state index in [9.17, 15) is 8.42 Å². The zero-order chi connectivity index (χ0) is 17.0. The fourth-order valence-electron chi connectivity index (χ4n) is 2.38. The number of pyridine rings is 1. The Morgan fingerprint density at radius 1 is 1.08 bits per heavy atom. The average molecular weight is 342 g/mol. The molecule has 0 spiro atoms. The van der Waals surface area contributed by atoms with Crippen LogP contribution in [0, 0.1) is 0 Å². The molecule has 7 heteroatoms. The van der Waals surface area contributed by atoms with Gasteiger partial charge in [-0.25, -0.2) is 18.4 Å². The molecule has 0 aliphatic carbocycles. The number of anilines is 1. The van der Waals surface area contributed by atoms with Crippen molar-refractivity contribution in [1.82, 2.24) is 15.0 Å². The molecule has 0 aliphatic heterocycles. The monoisotopic (exact) mass is 342 g/mol. The van der Waals surface area contributed by atoms with E-state index in [1.54, 1.807) is 12.4 Å². The number of fused-ring (bicyclic) bond motifs is 1. The number of aromatic nitrogens is 3. The van der Waals surface area contributed by atoms with E-state index >= 15 is 0 Å². The normalized spacial score (nSPS) is 11.5. The molecule has 1 N–H and O–H groups in total. The molecule has 0 amide bonds. The van der Waals surface area contributed by atoms with E-state index in [0.29, 0.717) is 24.6 Å². The summed E-state index contributed by atoms with van der Waals surface area (Å²) in [7, 11) is -2.95. The maximum atomic E-state index is 11.2. The Hall–Kier alpha value is -2.54. The molecule has 3 aromatic rings. The van der Waals surface area contributed by atoms with Crippen molar-refractivity contribution < 1.29 is 8.42 Å². The number of sulfone groups is 1. The molecule has 0 atom stereocenters. The number of hydrogen-bond donors (Lipinski definition) is 1. The molecule has 24 heavy (non-hydrogen) atoms. The highest BCUT2D eigenvalue weighted by Crippen LogP contribution is 2.24. The molecule has 0 fully saturated rings. The highest BCUT2D eigenvalue weighted by atomic mass is 32.2. The third-order valence-electron chi connectivity index (χ3n) is 3.51. The minimum absolute atomic E-state index is 0.151. The highest BCUT2D eigenvalue weighted by molar-refractivity contribution is 7.90. The van der Waals surface area contributed by atoms with Crippen LogP contribution >= 0.6 is 0 Å². The Morgan fingerprint density at radius 3 is 2.67 bits per heavy atom. The standard InChI is InChI=1S/C17H18N4O2S/c1-24(22,23)11-5-10-19-17-14-7-2-3-8-15(14)20-16(21-17)13-6-4-9-18-12-13/h2-4,6-9,12H,5,10-11H2,1H3,(H,19,20,21). The van der Waals surface area contributed by atoms with Gasteiger partial charge in [0.05, 0.1) is 11.3 Å². The first-order chi connectivity index (χ1) is 11.5. The van der Waals surface area contributed by atoms with Crippen LogP contribution in [-0.2, 0) is 9.84 Å². The van der Waals surface area contributed by atoms with Gasteiger partial charge in [-0.3, -0.25) is 4.98 Å². The Labute approximate surface area is 140 Å². The minimum Gasteiger partial charge on any atom is -0.369 e. The van der Waals surface area contributed by atoms with Gasteiger partial charge in [0.1, 0.15) is 15.7 Å². The highest BCUT2D eigenvalue weighted by Gasteiger charge is 2.09. The van der Waals surface area contributed by atoms with Gasteiger partial charge in [-0.1, -0.05) is 12.1 Å². The van der Waals surface area contributed by atoms with Gasteiger partial charge in [-0.2, -0.15) is 0 Å². The first-order valence-electron chi connectivity index (χ1n) is 7.62. The predicted octanol–water partition coefficient (Wildman–Crippen LogP) is 2.54. The largest absolute Gasteiger partial charge is 0.369 e. The lowest BCUT2D eigenvalue weighted by Crippen LogP contribution is -2.11. The van der Waals surface area contributed by atoms with Crippen molar-refractivity contribution in [2.24, 2.45) is 0 Å². The Kier molecular flexibility index (Phi) is 4.71. The number of rotatable bonds is 6. The molecule has 124 valence electrons. The second kappa shape index (κ2) is 6.92. The summed E-state index contributed by atoms with van der Waals surface area (Å²) >= 11 is 0. The van der Waals surface area contributed by atoms with Crippen molar-refractivity contribution in [3.8, 4) is 11.4 Å². The number of nitrogens with one attached hydrogen (secondary N) is 1. The second-order valence-corrected chi connectivity index (χ2v) is 7.82. The first kappa shape index (κ1) is 16.3. The lowest BCUT2D eigenvalue weighted by molar-refractivity contribution is 0.600. The summed E-state index contributed by atoms with van der Waals surface area (Å²) in [5.74, 6) is 1.44. The van der Waals surface area contributed by atoms with Gasteiger partial charge >= 0.3 is 0 Å². The maximum absolute atomic E-state index is 11.2. The maximum Gasteiger partial charge on any atom is 0.163 e. The average Bonchev–Trinajstić information content (AvgIpc) is 2.58. The molecule has 0 saturated carbocycles. The fraction of sp³-hybridized carbons (Fsp3) is 0.235. The molecule has 0 radical (unpaired) electrons. The van der Waals surface area contributed by atoms with Crippen LogP contribution in [0.15, 0.2) is 48.8 Å². The molecular formula is C17H18N4O2S. The summed E-state index contributed by atoms with van der Waals surface area (Å²) in [6, 6.07) is 11.5. The van der Waals surface area contributed by atoms with E-state index in [0.717, 1.165) is 16.5 Å². The summed E-state index contributed by atoms with van der Waals surface area (Å²) < 4.78 is 22.5. The molecule has 0 saturated heterocycles. The van der Waals surface area contributed by atoms with Crippen molar-refractivity contribution in [1.29, 1.82) is 0 Å². The van der Waals surface area contributed by atoms with Crippen LogP contribution in [0.2, 0.25) is 0 Å². The Balaban J connectivity index is 1.90. The lowest BCUT2D eigenvalue weighted by Gasteiger charge is -2.10. The molecule has 3 rings (SSSR count). The van der Waals surface area contributed by atoms with Crippen LogP contribution in [-0.4, -0.2) is 41.9 Å². The molecule has 1 aromatic carbocycles. The van der Waals surface area contributed by atoms with E-state index in [1.165, 1.54) is 6.26 Å². The summed E-state index contributed by atoms with van der Waals surface area (Å²) in [6.45, 7) is 0.528. The third kappa shape index (κ3) is 4.05. The van der Waals surface area contributed by atoms with Crippen molar-refractivity contribution in [3.63, 3.8) is 0 Å². The molecule has 0 aliphatic rings. The summed E-state index contributed by atoms with van der Waals surface area (Å²) in [4.78, 5) is 13.3. The minimum atomic E-state index is -2.95. The van der Waals surface area contributed by atoms with Crippen LogP contribution in [0.3, 0.4) is 0 Å². The van der Waals surface area contributed by atoms with Gasteiger partial charge in [0.15, 0.2) is 5.82 Å². The summed E-state index contributed by atoms with van der Waals surface area (Å²) in [5, 5.41) is 4.14. The smallest absolute Gasteiger partial charge is 0.163 e. The molecule has 6 nitrogen and oxygen atoms in total. The van der Waals surface area contributed by atoms with E-state index in [1.807, 2.05) is 36.4 Å². The molecule has 2 heterocycles. The summed E-state index contributed by atoms with van der Waals surface area (Å²) in [6.07, 6.45) is 5.19. The molecule has 0 unspecified atom stereocenters. The second-order valence-electron chi connectivity index (χ2n) is 5.56. The van der Waals surface area contributed by atoms with Crippen LogP contribution in [0.25, 0.3) is 22.3 Å². The van der Waals surface area contributed by atoms with Crippen molar-refractivity contribution in [2.45, 2.75) is 6.42 Å². The quantitative estimate of drug-likeness (QED) is 0.693. The van der Waals surface area contributed by atoms with Crippen molar-refractivity contribution in [2.75, 3.05) is 23.9 Å². The third-order valence-corrected chi connectivity index (χ3v) is 4.54. The zero-order valence-electron chi connectivity index (χ0n) is 13.3. The van der Waals surface area contributed by atoms with Gasteiger partial charge in [0.2, 0.25) is 0 Å². The number of hydrogen-bond acceptors (Lipinski definition) is 6. The van der Waals surface area contributed by atoms with Crippen molar-refractivity contribution >= 4 is 26.6 Å². The predicted molar refractivity (Wildman–Crippen MR) is 95.6 cm³/mol. The Morgan fingerprint density at radius 2 is 1.92 bits per heavy atom. The van der Waals surface area contributed by atoms with Crippen molar-refractivity contribution in [3.05, 3.63) is 48.8 Å².